The molecule has 0 aromatic heterocycles. The predicted octanol–water partition coefficient (Wildman–Crippen LogP) is 2.45. The Labute approximate surface area is 151 Å². The fraction of sp³-hybridized carbons (Fsp3) is 0.611. The first-order valence-corrected chi connectivity index (χ1v) is 10.2. The highest BCUT2D eigenvalue weighted by molar-refractivity contribution is 7.85. The number of halogens is 1. The highest BCUT2D eigenvalue weighted by Gasteiger charge is 2.25. The summed E-state index contributed by atoms with van der Waals surface area (Å²) in [6, 6.07) is 6.40. The molecule has 2 N–H and O–H groups in total. The van der Waals surface area contributed by atoms with Gasteiger partial charge in [-0.15, -0.1) is 0 Å². The van der Waals surface area contributed by atoms with E-state index in [0.717, 1.165) is 37.4 Å². The molecule has 3 atom stereocenters. The van der Waals surface area contributed by atoms with E-state index in [9.17, 15) is 8.60 Å². The molecule has 0 bridgehead atoms. The van der Waals surface area contributed by atoms with Crippen molar-refractivity contribution in [3.8, 4) is 5.75 Å². The van der Waals surface area contributed by atoms with Crippen molar-refractivity contribution in [1.29, 1.82) is 0 Å². The van der Waals surface area contributed by atoms with E-state index in [2.05, 4.69) is 15.6 Å². The summed E-state index contributed by atoms with van der Waals surface area (Å²) in [5.74, 6) is 1.65. The van der Waals surface area contributed by atoms with E-state index >= 15 is 0 Å². The molecule has 1 aromatic carbocycles. The van der Waals surface area contributed by atoms with Gasteiger partial charge in [-0.05, 0) is 31.4 Å². The Morgan fingerprint density at radius 1 is 1.44 bits per heavy atom. The van der Waals surface area contributed by atoms with Crippen molar-refractivity contribution >= 4 is 16.8 Å². The fourth-order valence-corrected chi connectivity index (χ4v) is 4.38. The number of nitrogens with zero attached hydrogens (tertiary/aromatic N) is 1. The number of ether oxygens (including phenoxy) is 1. The fourth-order valence-electron chi connectivity index (χ4n) is 3.03. The van der Waals surface area contributed by atoms with E-state index in [0.29, 0.717) is 24.9 Å². The minimum atomic E-state index is -0.732. The SMILES string of the molecule is CCS(=O)C1CCCC(NC(=NC)NCCOc2cccc(F)c2)C1. The second kappa shape index (κ2) is 10.4. The van der Waals surface area contributed by atoms with Crippen molar-refractivity contribution in [2.45, 2.75) is 43.9 Å². The third kappa shape index (κ3) is 6.65. The molecule has 1 aliphatic rings. The highest BCUT2D eigenvalue weighted by atomic mass is 32.2. The molecular formula is C18H28FN3O2S. The molecule has 0 saturated heterocycles. The molecule has 0 heterocycles. The van der Waals surface area contributed by atoms with Crippen molar-refractivity contribution in [1.82, 2.24) is 10.6 Å². The first kappa shape index (κ1) is 19.7. The standard InChI is InChI=1S/C18H28FN3O2S/c1-3-25(23)17-9-5-7-15(13-17)22-18(20-2)21-10-11-24-16-8-4-6-14(19)12-16/h4,6,8,12,15,17H,3,5,7,9-11,13H2,1-2H3,(H2,20,21,22). The van der Waals surface area contributed by atoms with Crippen molar-refractivity contribution in [2.75, 3.05) is 26.0 Å². The van der Waals surface area contributed by atoms with Gasteiger partial charge in [0.2, 0.25) is 0 Å². The topological polar surface area (TPSA) is 62.7 Å². The third-order valence-electron chi connectivity index (χ3n) is 4.31. The molecule has 1 saturated carbocycles. The van der Waals surface area contributed by atoms with E-state index in [1.165, 1.54) is 12.1 Å². The molecule has 2 rings (SSSR count). The van der Waals surface area contributed by atoms with Crippen LogP contribution in [0.4, 0.5) is 4.39 Å². The molecule has 140 valence electrons. The van der Waals surface area contributed by atoms with Crippen molar-refractivity contribution in [3.63, 3.8) is 0 Å². The highest BCUT2D eigenvalue weighted by Crippen LogP contribution is 2.22. The quantitative estimate of drug-likeness (QED) is 0.440. The molecule has 25 heavy (non-hydrogen) atoms. The smallest absolute Gasteiger partial charge is 0.191 e. The lowest BCUT2D eigenvalue weighted by Gasteiger charge is -2.30. The van der Waals surface area contributed by atoms with Gasteiger partial charge in [0.25, 0.3) is 0 Å². The second-order valence-corrected chi connectivity index (χ2v) is 8.11. The Balaban J connectivity index is 1.72. The molecule has 0 radical (unpaired) electrons. The van der Waals surface area contributed by atoms with Crippen LogP contribution in [-0.4, -0.2) is 47.4 Å². The van der Waals surface area contributed by atoms with Crippen LogP contribution in [0.25, 0.3) is 0 Å². The van der Waals surface area contributed by atoms with Crippen LogP contribution in [0.2, 0.25) is 0 Å². The summed E-state index contributed by atoms with van der Waals surface area (Å²) in [6.45, 7) is 2.96. The maximum atomic E-state index is 13.1. The molecule has 3 unspecified atom stereocenters. The number of hydrogen-bond donors (Lipinski definition) is 2. The van der Waals surface area contributed by atoms with E-state index in [1.54, 1.807) is 19.2 Å². The summed E-state index contributed by atoms with van der Waals surface area (Å²) in [6.07, 6.45) is 4.12. The van der Waals surface area contributed by atoms with Gasteiger partial charge < -0.3 is 15.4 Å². The molecule has 5 nitrogen and oxygen atoms in total. The molecule has 0 aliphatic heterocycles. The molecule has 7 heteroatoms. The van der Waals surface area contributed by atoms with Crippen LogP contribution in [0.15, 0.2) is 29.3 Å². The molecule has 1 aromatic rings. The van der Waals surface area contributed by atoms with E-state index < -0.39 is 10.8 Å². The zero-order valence-corrected chi connectivity index (χ0v) is 15.8. The van der Waals surface area contributed by atoms with Gasteiger partial charge in [0, 0.05) is 41.0 Å². The van der Waals surface area contributed by atoms with Gasteiger partial charge in [0.15, 0.2) is 5.96 Å². The Morgan fingerprint density at radius 2 is 2.28 bits per heavy atom. The summed E-state index contributed by atoms with van der Waals surface area (Å²) in [5.41, 5.74) is 0. The van der Waals surface area contributed by atoms with Crippen LogP contribution in [-0.2, 0) is 10.8 Å². The summed E-state index contributed by atoms with van der Waals surface area (Å²) >= 11 is 0. The first-order chi connectivity index (χ1) is 12.1. The van der Waals surface area contributed by atoms with Crippen LogP contribution in [0.3, 0.4) is 0 Å². The summed E-state index contributed by atoms with van der Waals surface area (Å²) in [5, 5.41) is 6.90. The van der Waals surface area contributed by atoms with Crippen LogP contribution in [0, 0.1) is 5.82 Å². The van der Waals surface area contributed by atoms with Gasteiger partial charge in [-0.3, -0.25) is 9.20 Å². The number of hydrogen-bond acceptors (Lipinski definition) is 3. The molecule has 1 fully saturated rings. The normalized spacial score (nSPS) is 22.3. The maximum absolute atomic E-state index is 13.1. The molecule has 0 amide bonds. The lowest BCUT2D eigenvalue weighted by Crippen LogP contribution is -2.47. The Bertz CT molecular complexity index is 597. The lowest BCUT2D eigenvalue weighted by molar-refractivity contribution is 0.319. The second-order valence-electron chi connectivity index (χ2n) is 6.10. The van der Waals surface area contributed by atoms with E-state index in [-0.39, 0.29) is 11.1 Å². The summed E-state index contributed by atoms with van der Waals surface area (Å²) in [4.78, 5) is 4.23. The Hall–Kier alpha value is -1.63. The minimum absolute atomic E-state index is 0.283. The van der Waals surface area contributed by atoms with Gasteiger partial charge in [0.05, 0.1) is 6.54 Å². The van der Waals surface area contributed by atoms with Gasteiger partial charge >= 0.3 is 0 Å². The van der Waals surface area contributed by atoms with Gasteiger partial charge in [-0.2, -0.15) is 0 Å². The molecule has 1 aliphatic carbocycles. The van der Waals surface area contributed by atoms with Gasteiger partial charge in [-0.1, -0.05) is 19.4 Å². The minimum Gasteiger partial charge on any atom is -0.492 e. The third-order valence-corrected chi connectivity index (χ3v) is 6.05. The molecular weight excluding hydrogens is 341 g/mol. The Kier molecular flexibility index (Phi) is 8.18. The van der Waals surface area contributed by atoms with E-state index in [1.807, 2.05) is 6.92 Å². The maximum Gasteiger partial charge on any atom is 0.191 e. The van der Waals surface area contributed by atoms with Crippen molar-refractivity contribution < 1.29 is 13.3 Å². The largest absolute Gasteiger partial charge is 0.492 e. The number of benzene rings is 1. The summed E-state index contributed by atoms with van der Waals surface area (Å²) in [7, 11) is 0.998. The number of rotatable bonds is 7. The number of aliphatic imine (C=N–C) groups is 1. The van der Waals surface area contributed by atoms with E-state index in [4.69, 9.17) is 4.74 Å². The van der Waals surface area contributed by atoms with Crippen LogP contribution in [0.5, 0.6) is 5.75 Å². The molecule has 0 spiro atoms. The number of guanidine groups is 1. The average molecular weight is 370 g/mol. The zero-order chi connectivity index (χ0) is 18.1. The monoisotopic (exact) mass is 369 g/mol. The van der Waals surface area contributed by atoms with Gasteiger partial charge in [0.1, 0.15) is 18.2 Å². The predicted molar refractivity (Wildman–Crippen MR) is 101 cm³/mol. The van der Waals surface area contributed by atoms with Crippen LogP contribution < -0.4 is 15.4 Å². The summed E-state index contributed by atoms with van der Waals surface area (Å²) < 4.78 is 30.6. The number of nitrogens with one attached hydrogen (secondary N) is 2. The van der Waals surface area contributed by atoms with Gasteiger partial charge in [-0.25, -0.2) is 4.39 Å². The lowest BCUT2D eigenvalue weighted by atomic mass is 9.95. The first-order valence-electron chi connectivity index (χ1n) is 8.85. The average Bonchev–Trinajstić information content (AvgIpc) is 2.63. The zero-order valence-electron chi connectivity index (χ0n) is 15.0. The van der Waals surface area contributed by atoms with Crippen LogP contribution >= 0.6 is 0 Å². The van der Waals surface area contributed by atoms with Crippen molar-refractivity contribution in [2.24, 2.45) is 4.99 Å². The Morgan fingerprint density at radius 3 is 3.00 bits per heavy atom. The van der Waals surface area contributed by atoms with Crippen molar-refractivity contribution in [3.05, 3.63) is 30.1 Å². The van der Waals surface area contributed by atoms with Crippen LogP contribution in [0.1, 0.15) is 32.6 Å².